The number of nitrogens with two attached hydrogens (primary N) is 1. The van der Waals surface area contributed by atoms with Crippen LogP contribution >= 0.6 is 23.7 Å². The molecule has 4 nitrogen and oxygen atoms in total. The maximum absolute atomic E-state index is 12.5. The first-order valence-corrected chi connectivity index (χ1v) is 8.64. The van der Waals surface area contributed by atoms with Gasteiger partial charge >= 0.3 is 6.36 Å². The number of piperidine rings is 1. The number of likely N-dealkylation sites (tertiary alicyclic amines) is 1. The van der Waals surface area contributed by atoms with E-state index < -0.39 is 6.36 Å². The Hall–Kier alpha value is -1.77. The van der Waals surface area contributed by atoms with Crippen LogP contribution in [-0.2, 0) is 0 Å². The Bertz CT molecular complexity index is 749. The van der Waals surface area contributed by atoms with Gasteiger partial charge in [-0.05, 0) is 54.8 Å². The summed E-state index contributed by atoms with van der Waals surface area (Å²) >= 11 is 1.31. The van der Waals surface area contributed by atoms with Gasteiger partial charge in [-0.2, -0.15) is 0 Å². The number of halogens is 4. The standard InChI is InChI=1S/C17H17F3N2O2S.ClH/c18-17(19,20)24-13-5-3-11(4-6-13)14-7-8-15(25-14)16(23)22-9-1-2-12(21)10-22;/h3-8,12H,1-2,9-10,21H2;1H. The lowest BCUT2D eigenvalue weighted by atomic mass is 10.1. The zero-order chi connectivity index (χ0) is 18.0. The van der Waals surface area contributed by atoms with Crippen LogP contribution in [0, 0.1) is 0 Å². The number of alkyl halides is 3. The molecule has 0 spiro atoms. The van der Waals surface area contributed by atoms with Gasteiger partial charge in [-0.15, -0.1) is 36.9 Å². The van der Waals surface area contributed by atoms with Crippen LogP contribution in [0.25, 0.3) is 10.4 Å². The normalized spacial score (nSPS) is 17.5. The smallest absolute Gasteiger partial charge is 0.406 e. The van der Waals surface area contributed by atoms with Gasteiger partial charge in [0.25, 0.3) is 5.91 Å². The van der Waals surface area contributed by atoms with Crippen molar-refractivity contribution in [1.29, 1.82) is 0 Å². The predicted octanol–water partition coefficient (Wildman–Crippen LogP) is 4.30. The molecule has 1 aliphatic rings. The summed E-state index contributed by atoms with van der Waals surface area (Å²) in [6, 6.07) is 9.14. The molecule has 1 fully saturated rings. The van der Waals surface area contributed by atoms with E-state index in [1.54, 1.807) is 17.0 Å². The summed E-state index contributed by atoms with van der Waals surface area (Å²) in [4.78, 5) is 15.7. The average molecular weight is 407 g/mol. The average Bonchev–Trinajstić information content (AvgIpc) is 3.03. The Morgan fingerprint density at radius 1 is 1.19 bits per heavy atom. The molecule has 9 heteroatoms. The van der Waals surface area contributed by atoms with Gasteiger partial charge in [0.2, 0.25) is 0 Å². The van der Waals surface area contributed by atoms with Crippen molar-refractivity contribution in [1.82, 2.24) is 4.90 Å². The molecule has 0 saturated carbocycles. The lowest BCUT2D eigenvalue weighted by molar-refractivity contribution is -0.274. The molecule has 142 valence electrons. The molecule has 1 aliphatic heterocycles. The Balaban J connectivity index is 0.00000243. The first-order chi connectivity index (χ1) is 11.8. The summed E-state index contributed by atoms with van der Waals surface area (Å²) in [7, 11) is 0. The first-order valence-electron chi connectivity index (χ1n) is 7.83. The van der Waals surface area contributed by atoms with Crippen LogP contribution in [-0.4, -0.2) is 36.3 Å². The number of benzene rings is 1. The van der Waals surface area contributed by atoms with Crippen molar-refractivity contribution in [2.24, 2.45) is 5.73 Å². The Labute approximate surface area is 159 Å². The summed E-state index contributed by atoms with van der Waals surface area (Å²) in [5, 5.41) is 0. The number of rotatable bonds is 3. The fourth-order valence-electron chi connectivity index (χ4n) is 2.78. The number of carbonyl (C=O) groups excluding carboxylic acids is 1. The van der Waals surface area contributed by atoms with Crippen LogP contribution in [0.1, 0.15) is 22.5 Å². The van der Waals surface area contributed by atoms with Gasteiger partial charge in [0.15, 0.2) is 0 Å². The van der Waals surface area contributed by atoms with Crippen LogP contribution in [0.2, 0.25) is 0 Å². The van der Waals surface area contributed by atoms with Crippen molar-refractivity contribution in [2.45, 2.75) is 25.2 Å². The van der Waals surface area contributed by atoms with Crippen molar-refractivity contribution in [2.75, 3.05) is 13.1 Å². The summed E-state index contributed by atoms with van der Waals surface area (Å²) < 4.78 is 40.4. The highest BCUT2D eigenvalue weighted by Gasteiger charge is 2.31. The van der Waals surface area contributed by atoms with E-state index in [0.29, 0.717) is 18.0 Å². The fourth-order valence-corrected chi connectivity index (χ4v) is 3.76. The number of hydrogen-bond donors (Lipinski definition) is 1. The molecule has 1 amide bonds. The SMILES string of the molecule is Cl.NC1CCCN(C(=O)c2ccc(-c3ccc(OC(F)(F)F)cc3)s2)C1. The van der Waals surface area contributed by atoms with Crippen LogP contribution in [0.3, 0.4) is 0 Å². The van der Waals surface area contributed by atoms with Crippen LogP contribution in [0.5, 0.6) is 5.75 Å². The number of nitrogens with zero attached hydrogens (tertiary/aromatic N) is 1. The van der Waals surface area contributed by atoms with Gasteiger partial charge in [0, 0.05) is 24.0 Å². The van der Waals surface area contributed by atoms with Crippen molar-refractivity contribution in [3.8, 4) is 16.2 Å². The highest BCUT2D eigenvalue weighted by Crippen LogP contribution is 2.31. The molecule has 1 saturated heterocycles. The lowest BCUT2D eigenvalue weighted by Gasteiger charge is -2.30. The molecule has 3 rings (SSSR count). The maximum atomic E-state index is 12.5. The number of ether oxygens (including phenoxy) is 1. The topological polar surface area (TPSA) is 55.6 Å². The monoisotopic (exact) mass is 406 g/mol. The first kappa shape index (κ1) is 20.5. The molecular formula is C17H18ClF3N2O2S. The minimum absolute atomic E-state index is 0. The Kier molecular flexibility index (Phi) is 6.54. The zero-order valence-electron chi connectivity index (χ0n) is 13.7. The minimum atomic E-state index is -4.71. The van der Waals surface area contributed by atoms with Gasteiger partial charge in [0.05, 0.1) is 4.88 Å². The predicted molar refractivity (Wildman–Crippen MR) is 96.8 cm³/mol. The van der Waals surface area contributed by atoms with E-state index in [0.717, 1.165) is 23.3 Å². The van der Waals surface area contributed by atoms with Gasteiger partial charge in [-0.3, -0.25) is 4.79 Å². The summed E-state index contributed by atoms with van der Waals surface area (Å²) in [6.07, 6.45) is -2.89. The quantitative estimate of drug-likeness (QED) is 0.826. The van der Waals surface area contributed by atoms with E-state index >= 15 is 0 Å². The Morgan fingerprint density at radius 3 is 2.50 bits per heavy atom. The highest BCUT2D eigenvalue weighted by atomic mass is 35.5. The second-order valence-corrected chi connectivity index (χ2v) is 6.97. The molecule has 2 heterocycles. The van der Waals surface area contributed by atoms with Crippen molar-refractivity contribution < 1.29 is 22.7 Å². The van der Waals surface area contributed by atoms with E-state index in [1.807, 2.05) is 0 Å². The molecule has 1 unspecified atom stereocenters. The molecule has 1 aromatic heterocycles. The van der Waals surface area contributed by atoms with Crippen molar-refractivity contribution >= 4 is 29.7 Å². The molecule has 1 atom stereocenters. The molecule has 1 aromatic carbocycles. The highest BCUT2D eigenvalue weighted by molar-refractivity contribution is 7.17. The molecular weight excluding hydrogens is 389 g/mol. The second-order valence-electron chi connectivity index (χ2n) is 5.89. The molecule has 2 aromatic rings. The van der Waals surface area contributed by atoms with E-state index in [4.69, 9.17) is 5.73 Å². The van der Waals surface area contributed by atoms with Crippen LogP contribution < -0.4 is 10.5 Å². The number of amides is 1. The molecule has 0 aliphatic carbocycles. The molecule has 0 radical (unpaired) electrons. The van der Waals surface area contributed by atoms with E-state index in [2.05, 4.69) is 4.74 Å². The van der Waals surface area contributed by atoms with E-state index in [-0.39, 0.29) is 30.1 Å². The Morgan fingerprint density at radius 2 is 1.88 bits per heavy atom. The molecule has 2 N–H and O–H groups in total. The molecule has 0 bridgehead atoms. The van der Waals surface area contributed by atoms with Crippen molar-refractivity contribution in [3.63, 3.8) is 0 Å². The zero-order valence-corrected chi connectivity index (χ0v) is 15.3. The minimum Gasteiger partial charge on any atom is -0.406 e. The third-order valence-electron chi connectivity index (χ3n) is 3.93. The largest absolute Gasteiger partial charge is 0.573 e. The lowest BCUT2D eigenvalue weighted by Crippen LogP contribution is -2.45. The number of hydrogen-bond acceptors (Lipinski definition) is 4. The van der Waals surface area contributed by atoms with Crippen molar-refractivity contribution in [3.05, 3.63) is 41.3 Å². The third kappa shape index (κ3) is 5.12. The maximum Gasteiger partial charge on any atom is 0.573 e. The van der Waals surface area contributed by atoms with Crippen LogP contribution in [0.4, 0.5) is 13.2 Å². The number of carbonyl (C=O) groups is 1. The van der Waals surface area contributed by atoms with E-state index in [1.165, 1.54) is 35.6 Å². The van der Waals surface area contributed by atoms with Gasteiger partial charge in [0.1, 0.15) is 5.75 Å². The fraction of sp³-hybridized carbons (Fsp3) is 0.353. The molecule has 26 heavy (non-hydrogen) atoms. The van der Waals surface area contributed by atoms with E-state index in [9.17, 15) is 18.0 Å². The summed E-state index contributed by atoms with van der Waals surface area (Å²) in [6.45, 7) is 1.25. The summed E-state index contributed by atoms with van der Waals surface area (Å²) in [5.41, 5.74) is 6.64. The number of thiophene rings is 1. The van der Waals surface area contributed by atoms with Gasteiger partial charge in [-0.25, -0.2) is 0 Å². The second kappa shape index (κ2) is 8.28. The summed E-state index contributed by atoms with van der Waals surface area (Å²) in [5.74, 6) is -0.324. The van der Waals surface area contributed by atoms with Gasteiger partial charge in [-0.1, -0.05) is 0 Å². The third-order valence-corrected chi connectivity index (χ3v) is 5.06. The van der Waals surface area contributed by atoms with Gasteiger partial charge < -0.3 is 15.4 Å². The van der Waals surface area contributed by atoms with Crippen LogP contribution in [0.15, 0.2) is 36.4 Å².